The smallest absolute Gasteiger partial charge is 0.221 e. The van der Waals surface area contributed by atoms with Crippen molar-refractivity contribution < 1.29 is 9.53 Å². The quantitative estimate of drug-likeness (QED) is 0.710. The Labute approximate surface area is 150 Å². The van der Waals surface area contributed by atoms with Crippen LogP contribution in [0.15, 0.2) is 0 Å². The molecule has 138 valence electrons. The maximum atomic E-state index is 11.7. The third kappa shape index (κ3) is 5.65. The largest absolute Gasteiger partial charge is 0.378 e. The molecule has 7 nitrogen and oxygen atoms in total. The van der Waals surface area contributed by atoms with Crippen LogP contribution in [-0.4, -0.2) is 54.6 Å². The number of carbonyl (C=O) groups is 1. The lowest BCUT2D eigenvalue weighted by Crippen LogP contribution is -2.38. The normalized spacial score (nSPS) is 14.6. The molecule has 0 bridgehead atoms. The van der Waals surface area contributed by atoms with Crippen LogP contribution in [0.25, 0.3) is 0 Å². The summed E-state index contributed by atoms with van der Waals surface area (Å²) < 4.78 is 7.38. The van der Waals surface area contributed by atoms with Crippen LogP contribution in [-0.2, 0) is 23.1 Å². The molecule has 0 radical (unpaired) electrons. The molecule has 1 aromatic heterocycles. The van der Waals surface area contributed by atoms with E-state index in [1.807, 2.05) is 32.5 Å². The molecule has 2 N–H and O–H groups in total. The van der Waals surface area contributed by atoms with E-state index in [0.29, 0.717) is 13.0 Å². The lowest BCUT2D eigenvalue weighted by atomic mass is 10.2. The number of aryl methyl sites for hydroxylation is 2. The molecule has 1 amide bonds. The molecule has 0 aromatic carbocycles. The summed E-state index contributed by atoms with van der Waals surface area (Å²) in [5.41, 5.74) is 2.24. The number of nitrogens with zero attached hydrogens (tertiary/aromatic N) is 3. The molecule has 2 rings (SSSR count). The molecule has 1 saturated heterocycles. The highest BCUT2D eigenvalue weighted by Gasteiger charge is 2.21. The molecule has 2 heterocycles. The van der Waals surface area contributed by atoms with E-state index in [0.717, 1.165) is 44.4 Å². The first-order valence-electron chi connectivity index (χ1n) is 8.34. The van der Waals surface area contributed by atoms with Crippen LogP contribution in [0, 0.1) is 6.92 Å². The third-order valence-corrected chi connectivity index (χ3v) is 3.90. The Morgan fingerprint density at radius 2 is 2.00 bits per heavy atom. The van der Waals surface area contributed by atoms with E-state index >= 15 is 0 Å². The van der Waals surface area contributed by atoms with Gasteiger partial charge in [0.2, 0.25) is 5.91 Å². The number of aromatic nitrogens is 2. The van der Waals surface area contributed by atoms with E-state index in [-0.39, 0.29) is 24.4 Å². The minimum Gasteiger partial charge on any atom is -0.378 e. The van der Waals surface area contributed by atoms with Crippen molar-refractivity contribution in [2.24, 2.45) is 7.05 Å². The minimum absolute atomic E-state index is 0. The second-order valence-electron chi connectivity index (χ2n) is 6.26. The van der Waals surface area contributed by atoms with Crippen molar-refractivity contribution in [3.05, 3.63) is 11.3 Å². The van der Waals surface area contributed by atoms with Crippen molar-refractivity contribution in [2.75, 3.05) is 37.7 Å². The van der Waals surface area contributed by atoms with Gasteiger partial charge in [-0.2, -0.15) is 5.10 Å². The van der Waals surface area contributed by atoms with Gasteiger partial charge >= 0.3 is 0 Å². The van der Waals surface area contributed by atoms with E-state index in [1.165, 1.54) is 5.56 Å². The fourth-order valence-corrected chi connectivity index (χ4v) is 2.88. The zero-order valence-electron chi connectivity index (χ0n) is 15.1. The predicted octanol–water partition coefficient (Wildman–Crippen LogP) is 0.991. The Kier molecular flexibility index (Phi) is 8.52. The Morgan fingerprint density at radius 1 is 1.33 bits per heavy atom. The van der Waals surface area contributed by atoms with E-state index in [4.69, 9.17) is 4.74 Å². The molecular formula is C16H30ClN5O2. The predicted molar refractivity (Wildman–Crippen MR) is 97.8 cm³/mol. The van der Waals surface area contributed by atoms with Gasteiger partial charge in [-0.25, -0.2) is 0 Å². The van der Waals surface area contributed by atoms with Gasteiger partial charge in [0, 0.05) is 51.3 Å². The summed E-state index contributed by atoms with van der Waals surface area (Å²) in [7, 11) is 1.98. The highest BCUT2D eigenvalue weighted by molar-refractivity contribution is 5.85. The number of nitrogens with one attached hydrogen (secondary N) is 2. The van der Waals surface area contributed by atoms with Crippen molar-refractivity contribution in [3.8, 4) is 0 Å². The Morgan fingerprint density at radius 3 is 2.62 bits per heavy atom. The molecule has 8 heteroatoms. The maximum absolute atomic E-state index is 11.7. The molecule has 0 saturated carbocycles. The molecule has 1 fully saturated rings. The summed E-state index contributed by atoms with van der Waals surface area (Å²) in [5, 5.41) is 10.8. The van der Waals surface area contributed by atoms with Gasteiger partial charge in [-0.15, -0.1) is 12.4 Å². The van der Waals surface area contributed by atoms with E-state index in [9.17, 15) is 4.79 Å². The standard InChI is InChI=1S/C16H29N5O2.ClH/c1-12(2)18-15(22)5-6-17-11-14-13(3)19-20(4)16(14)21-7-9-23-10-8-21;/h12,17H,5-11H2,1-4H3,(H,18,22);1H. The van der Waals surface area contributed by atoms with Gasteiger partial charge in [-0.3, -0.25) is 9.48 Å². The molecule has 1 aliphatic heterocycles. The SMILES string of the molecule is Cc1nn(C)c(N2CCOCC2)c1CNCCC(=O)NC(C)C.Cl. The number of ether oxygens (including phenoxy) is 1. The molecule has 0 atom stereocenters. The van der Waals surface area contributed by atoms with Crippen molar-refractivity contribution in [1.29, 1.82) is 0 Å². The number of anilines is 1. The molecule has 1 aliphatic rings. The first kappa shape index (κ1) is 20.7. The average Bonchev–Trinajstić information content (AvgIpc) is 2.78. The lowest BCUT2D eigenvalue weighted by molar-refractivity contribution is -0.121. The second kappa shape index (κ2) is 9.86. The van der Waals surface area contributed by atoms with E-state index < -0.39 is 0 Å². The highest BCUT2D eigenvalue weighted by atomic mass is 35.5. The van der Waals surface area contributed by atoms with Crippen molar-refractivity contribution in [2.45, 2.75) is 39.8 Å². The highest BCUT2D eigenvalue weighted by Crippen LogP contribution is 2.23. The second-order valence-corrected chi connectivity index (χ2v) is 6.26. The first-order valence-corrected chi connectivity index (χ1v) is 8.34. The van der Waals surface area contributed by atoms with E-state index in [2.05, 4.69) is 20.6 Å². The van der Waals surface area contributed by atoms with Crippen LogP contribution >= 0.6 is 12.4 Å². The van der Waals surface area contributed by atoms with Crippen LogP contribution in [0.2, 0.25) is 0 Å². The Balaban J connectivity index is 0.00000288. The number of hydrogen-bond acceptors (Lipinski definition) is 5. The zero-order chi connectivity index (χ0) is 16.8. The first-order chi connectivity index (χ1) is 11.0. The fraction of sp³-hybridized carbons (Fsp3) is 0.750. The monoisotopic (exact) mass is 359 g/mol. The molecule has 0 unspecified atom stereocenters. The Hall–Kier alpha value is -1.31. The van der Waals surface area contributed by atoms with Crippen molar-refractivity contribution >= 4 is 24.1 Å². The molecule has 1 aromatic rings. The summed E-state index contributed by atoms with van der Waals surface area (Å²) in [5.74, 6) is 1.24. The van der Waals surface area contributed by atoms with Crippen LogP contribution in [0.4, 0.5) is 5.82 Å². The van der Waals surface area contributed by atoms with Gasteiger partial charge in [-0.05, 0) is 20.8 Å². The van der Waals surface area contributed by atoms with Gasteiger partial charge in [-0.1, -0.05) is 0 Å². The van der Waals surface area contributed by atoms with Gasteiger partial charge in [0.15, 0.2) is 0 Å². The summed E-state index contributed by atoms with van der Waals surface area (Å²) in [6.07, 6.45) is 0.490. The number of carbonyl (C=O) groups excluding carboxylic acids is 1. The topological polar surface area (TPSA) is 71.4 Å². The molecular weight excluding hydrogens is 330 g/mol. The van der Waals surface area contributed by atoms with E-state index in [1.54, 1.807) is 0 Å². The van der Waals surface area contributed by atoms with Gasteiger partial charge in [0.1, 0.15) is 5.82 Å². The van der Waals surface area contributed by atoms with Gasteiger partial charge in [0.25, 0.3) is 0 Å². The van der Waals surface area contributed by atoms with Gasteiger partial charge in [0.05, 0.1) is 18.9 Å². The number of morpholine rings is 1. The number of halogens is 1. The number of hydrogen-bond donors (Lipinski definition) is 2. The van der Waals surface area contributed by atoms with Crippen LogP contribution in [0.1, 0.15) is 31.5 Å². The minimum atomic E-state index is 0. The summed E-state index contributed by atoms with van der Waals surface area (Å²) >= 11 is 0. The molecule has 24 heavy (non-hydrogen) atoms. The fourth-order valence-electron chi connectivity index (χ4n) is 2.88. The summed E-state index contributed by atoms with van der Waals surface area (Å²) in [6.45, 7) is 10.7. The van der Waals surface area contributed by atoms with Crippen LogP contribution < -0.4 is 15.5 Å². The van der Waals surface area contributed by atoms with Crippen LogP contribution in [0.5, 0.6) is 0 Å². The lowest BCUT2D eigenvalue weighted by Gasteiger charge is -2.29. The molecule has 0 spiro atoms. The van der Waals surface area contributed by atoms with Crippen molar-refractivity contribution in [3.63, 3.8) is 0 Å². The zero-order valence-corrected chi connectivity index (χ0v) is 15.9. The number of rotatable bonds is 7. The maximum Gasteiger partial charge on any atom is 0.221 e. The third-order valence-electron chi connectivity index (χ3n) is 3.90. The van der Waals surface area contributed by atoms with Gasteiger partial charge < -0.3 is 20.3 Å². The molecule has 0 aliphatic carbocycles. The number of amides is 1. The van der Waals surface area contributed by atoms with Crippen LogP contribution in [0.3, 0.4) is 0 Å². The average molecular weight is 360 g/mol. The summed E-state index contributed by atoms with van der Waals surface area (Å²) in [6, 6.07) is 0.191. The van der Waals surface area contributed by atoms with Crippen molar-refractivity contribution in [1.82, 2.24) is 20.4 Å². The summed E-state index contributed by atoms with van der Waals surface area (Å²) in [4.78, 5) is 14.0. The Bertz CT molecular complexity index is 527.